The second-order valence-corrected chi connectivity index (χ2v) is 6.08. The summed E-state index contributed by atoms with van der Waals surface area (Å²) >= 11 is 0. The molecule has 21 heavy (non-hydrogen) atoms. The molecule has 2 N–H and O–H groups in total. The lowest BCUT2D eigenvalue weighted by Gasteiger charge is -2.00. The summed E-state index contributed by atoms with van der Waals surface area (Å²) < 4.78 is 0. The zero-order chi connectivity index (χ0) is 15.6. The molecule has 0 aromatic carbocycles. The van der Waals surface area contributed by atoms with Crippen molar-refractivity contribution in [1.29, 1.82) is 0 Å². The Morgan fingerprint density at radius 1 is 0.762 bits per heavy atom. The van der Waals surface area contributed by atoms with Crippen LogP contribution in [-0.4, -0.2) is 12.3 Å². The number of carbonyl (C=O) groups excluding carboxylic acids is 1. The first-order valence-corrected chi connectivity index (χ1v) is 9.18. The molecule has 2 nitrogen and oxygen atoms in total. The first-order valence-electron chi connectivity index (χ1n) is 9.18. The van der Waals surface area contributed by atoms with Crippen LogP contribution in [0.1, 0.15) is 96.8 Å². The van der Waals surface area contributed by atoms with E-state index >= 15 is 0 Å². The van der Waals surface area contributed by atoms with Gasteiger partial charge < -0.3 is 5.73 Å². The maximum absolute atomic E-state index is 11.0. The topological polar surface area (TPSA) is 43.1 Å². The SMILES string of the molecule is CCCCCCCC/C=C\CCCCCCCC(=O)CN. The lowest BCUT2D eigenvalue weighted by atomic mass is 10.1. The number of rotatable bonds is 16. The van der Waals surface area contributed by atoms with Gasteiger partial charge in [0.25, 0.3) is 0 Å². The molecular formula is C19H37NO. The molecule has 0 aromatic rings. The normalized spacial score (nSPS) is 11.3. The number of carbonyl (C=O) groups is 1. The molecule has 0 rings (SSSR count). The van der Waals surface area contributed by atoms with Gasteiger partial charge in [0, 0.05) is 6.42 Å². The van der Waals surface area contributed by atoms with Gasteiger partial charge in [-0.15, -0.1) is 0 Å². The van der Waals surface area contributed by atoms with Crippen LogP contribution in [-0.2, 0) is 4.79 Å². The Morgan fingerprint density at radius 2 is 1.24 bits per heavy atom. The minimum Gasteiger partial charge on any atom is -0.324 e. The van der Waals surface area contributed by atoms with E-state index in [1.165, 1.54) is 77.0 Å². The molecule has 0 aliphatic rings. The van der Waals surface area contributed by atoms with Gasteiger partial charge in [0.2, 0.25) is 0 Å². The van der Waals surface area contributed by atoms with Crippen molar-refractivity contribution in [3.63, 3.8) is 0 Å². The van der Waals surface area contributed by atoms with E-state index in [1.807, 2.05) is 0 Å². The Morgan fingerprint density at radius 3 is 1.76 bits per heavy atom. The molecule has 0 unspecified atom stereocenters. The Balaban J connectivity index is 3.10. The molecule has 0 spiro atoms. The van der Waals surface area contributed by atoms with E-state index in [0.29, 0.717) is 6.42 Å². The van der Waals surface area contributed by atoms with Crippen LogP contribution >= 0.6 is 0 Å². The van der Waals surface area contributed by atoms with Crippen LogP contribution in [0.5, 0.6) is 0 Å². The third-order valence-electron chi connectivity index (χ3n) is 3.95. The Kier molecular flexibility index (Phi) is 16.9. The standard InChI is InChI=1S/C19H37NO/c1-2-3-4-5-6-7-8-9-10-11-12-13-14-15-16-17-19(21)18-20/h9-10H,2-8,11-18,20H2,1H3/b10-9-. The molecule has 2 heteroatoms. The van der Waals surface area contributed by atoms with E-state index in [4.69, 9.17) is 5.73 Å². The van der Waals surface area contributed by atoms with Crippen LogP contribution in [0.3, 0.4) is 0 Å². The second-order valence-electron chi connectivity index (χ2n) is 6.08. The van der Waals surface area contributed by atoms with E-state index in [2.05, 4.69) is 19.1 Å². The van der Waals surface area contributed by atoms with Crippen molar-refractivity contribution in [2.45, 2.75) is 96.8 Å². The predicted octanol–water partition coefficient (Wildman–Crippen LogP) is 5.55. The molecule has 0 saturated heterocycles. The zero-order valence-corrected chi connectivity index (χ0v) is 14.2. The minimum absolute atomic E-state index is 0.202. The Bertz CT molecular complexity index is 248. The smallest absolute Gasteiger partial charge is 0.146 e. The van der Waals surface area contributed by atoms with Gasteiger partial charge in [-0.3, -0.25) is 4.79 Å². The van der Waals surface area contributed by atoms with Crippen LogP contribution in [0.2, 0.25) is 0 Å². The van der Waals surface area contributed by atoms with Crippen molar-refractivity contribution in [2.75, 3.05) is 6.54 Å². The van der Waals surface area contributed by atoms with E-state index in [0.717, 1.165) is 6.42 Å². The van der Waals surface area contributed by atoms with Crippen molar-refractivity contribution in [3.05, 3.63) is 12.2 Å². The number of nitrogens with two attached hydrogens (primary N) is 1. The highest BCUT2D eigenvalue weighted by molar-refractivity contribution is 5.80. The van der Waals surface area contributed by atoms with Gasteiger partial charge in [-0.2, -0.15) is 0 Å². The van der Waals surface area contributed by atoms with Crippen LogP contribution in [0.25, 0.3) is 0 Å². The van der Waals surface area contributed by atoms with Crippen molar-refractivity contribution < 1.29 is 4.79 Å². The highest BCUT2D eigenvalue weighted by Crippen LogP contribution is 2.09. The van der Waals surface area contributed by atoms with Crippen molar-refractivity contribution in [2.24, 2.45) is 5.73 Å². The van der Waals surface area contributed by atoms with Crippen LogP contribution in [0.15, 0.2) is 12.2 Å². The van der Waals surface area contributed by atoms with E-state index < -0.39 is 0 Å². The molecule has 0 bridgehead atoms. The minimum atomic E-state index is 0.202. The van der Waals surface area contributed by atoms with Gasteiger partial charge in [0.15, 0.2) is 0 Å². The summed E-state index contributed by atoms with van der Waals surface area (Å²) in [5.41, 5.74) is 5.28. The summed E-state index contributed by atoms with van der Waals surface area (Å²) in [6.45, 7) is 2.48. The molecule has 0 aromatic heterocycles. The van der Waals surface area contributed by atoms with Crippen molar-refractivity contribution >= 4 is 5.78 Å². The first kappa shape index (κ1) is 20.4. The molecular weight excluding hydrogens is 258 g/mol. The highest BCUT2D eigenvalue weighted by atomic mass is 16.1. The van der Waals surface area contributed by atoms with Gasteiger partial charge in [-0.25, -0.2) is 0 Å². The monoisotopic (exact) mass is 295 g/mol. The maximum Gasteiger partial charge on any atom is 0.146 e. The predicted molar refractivity (Wildman–Crippen MR) is 93.5 cm³/mol. The Hall–Kier alpha value is -0.630. The number of Topliss-reactive ketones (excluding diaryl/α,β-unsaturated/α-hetero) is 1. The third-order valence-corrected chi connectivity index (χ3v) is 3.95. The summed E-state index contributed by atoms with van der Waals surface area (Å²) in [5, 5.41) is 0. The fourth-order valence-electron chi connectivity index (χ4n) is 2.49. The molecule has 0 saturated carbocycles. The molecule has 0 aliphatic carbocycles. The molecule has 0 amide bonds. The zero-order valence-electron chi connectivity index (χ0n) is 14.2. The van der Waals surface area contributed by atoms with E-state index in [-0.39, 0.29) is 12.3 Å². The average Bonchev–Trinajstić information content (AvgIpc) is 2.50. The van der Waals surface area contributed by atoms with Crippen LogP contribution in [0.4, 0.5) is 0 Å². The number of allylic oxidation sites excluding steroid dienone is 2. The molecule has 0 radical (unpaired) electrons. The van der Waals surface area contributed by atoms with Gasteiger partial charge in [-0.05, 0) is 32.1 Å². The third kappa shape index (κ3) is 17.3. The average molecular weight is 296 g/mol. The number of hydrogen-bond acceptors (Lipinski definition) is 2. The van der Waals surface area contributed by atoms with Gasteiger partial charge in [0.05, 0.1) is 6.54 Å². The highest BCUT2D eigenvalue weighted by Gasteiger charge is 1.97. The maximum atomic E-state index is 11.0. The van der Waals surface area contributed by atoms with Crippen molar-refractivity contribution in [1.82, 2.24) is 0 Å². The lowest BCUT2D eigenvalue weighted by Crippen LogP contribution is -2.12. The molecule has 0 atom stereocenters. The molecule has 124 valence electrons. The largest absolute Gasteiger partial charge is 0.324 e. The summed E-state index contributed by atoms with van der Waals surface area (Å²) in [5.74, 6) is 0.202. The quantitative estimate of drug-likeness (QED) is 0.299. The van der Waals surface area contributed by atoms with Gasteiger partial charge >= 0.3 is 0 Å². The van der Waals surface area contributed by atoms with Crippen LogP contribution < -0.4 is 5.73 Å². The van der Waals surface area contributed by atoms with Crippen LogP contribution in [0, 0.1) is 0 Å². The summed E-state index contributed by atoms with van der Waals surface area (Å²) in [6, 6.07) is 0. The molecule has 0 aliphatic heterocycles. The molecule has 0 heterocycles. The first-order chi connectivity index (χ1) is 10.3. The van der Waals surface area contributed by atoms with E-state index in [1.54, 1.807) is 0 Å². The van der Waals surface area contributed by atoms with Gasteiger partial charge in [-0.1, -0.05) is 70.4 Å². The summed E-state index contributed by atoms with van der Waals surface area (Å²) in [4.78, 5) is 11.0. The second kappa shape index (κ2) is 17.4. The number of hydrogen-bond donors (Lipinski definition) is 1. The summed E-state index contributed by atoms with van der Waals surface area (Å²) in [7, 11) is 0. The van der Waals surface area contributed by atoms with Crippen molar-refractivity contribution in [3.8, 4) is 0 Å². The fraction of sp³-hybridized carbons (Fsp3) is 0.842. The lowest BCUT2D eigenvalue weighted by molar-refractivity contribution is -0.117. The fourth-order valence-corrected chi connectivity index (χ4v) is 2.49. The van der Waals surface area contributed by atoms with Gasteiger partial charge in [0.1, 0.15) is 5.78 Å². The number of ketones is 1. The number of unbranched alkanes of at least 4 members (excludes halogenated alkanes) is 11. The molecule has 0 fully saturated rings. The van der Waals surface area contributed by atoms with E-state index in [9.17, 15) is 4.79 Å². The summed E-state index contributed by atoms with van der Waals surface area (Å²) in [6.07, 6.45) is 22.2. The Labute approximate surface area is 132 Å².